The molecule has 7 heteroatoms. The van der Waals surface area contributed by atoms with Crippen LogP contribution in [0.4, 0.5) is 5.69 Å². The van der Waals surface area contributed by atoms with Gasteiger partial charge < -0.3 is 15.2 Å². The maximum absolute atomic E-state index is 12.3. The minimum atomic E-state index is -3.66. The quantitative estimate of drug-likeness (QED) is 0.728. The molecule has 0 radical (unpaired) electrons. The summed E-state index contributed by atoms with van der Waals surface area (Å²) in [6, 6.07) is 3.23. The van der Waals surface area contributed by atoms with E-state index in [-0.39, 0.29) is 23.2 Å². The molecule has 1 aromatic carbocycles. The zero-order chi connectivity index (χ0) is 15.3. The Morgan fingerprint density at radius 2 is 1.85 bits per heavy atom. The number of sulfonamides is 1. The molecule has 0 bridgehead atoms. The molecule has 1 aromatic rings. The van der Waals surface area contributed by atoms with Gasteiger partial charge in [-0.05, 0) is 37.1 Å². The van der Waals surface area contributed by atoms with Crippen LogP contribution in [-0.2, 0) is 19.5 Å². The van der Waals surface area contributed by atoms with E-state index in [0.717, 1.165) is 11.1 Å². The third-order valence-corrected chi connectivity index (χ3v) is 4.58. The third-order valence-electron chi connectivity index (χ3n) is 3.10. The van der Waals surface area contributed by atoms with Crippen LogP contribution >= 0.6 is 0 Å². The van der Waals surface area contributed by atoms with Crippen molar-refractivity contribution >= 4 is 15.7 Å². The Morgan fingerprint density at radius 1 is 1.25 bits per heavy atom. The van der Waals surface area contributed by atoms with E-state index in [1.54, 1.807) is 12.1 Å². The summed E-state index contributed by atoms with van der Waals surface area (Å²) in [5.74, 6) is 0. The van der Waals surface area contributed by atoms with Gasteiger partial charge in [-0.2, -0.15) is 0 Å². The third kappa shape index (κ3) is 4.17. The van der Waals surface area contributed by atoms with Crippen molar-refractivity contribution in [3.05, 3.63) is 23.3 Å². The van der Waals surface area contributed by atoms with Crippen molar-refractivity contribution in [1.82, 2.24) is 4.72 Å². The number of hydrogen-bond donors (Lipinski definition) is 2. The summed E-state index contributed by atoms with van der Waals surface area (Å²) in [6.07, 6.45) is -0.345. The molecule has 1 unspecified atom stereocenters. The van der Waals surface area contributed by atoms with Crippen LogP contribution in [0.5, 0.6) is 0 Å². The molecule has 0 saturated heterocycles. The average Bonchev–Trinajstić information content (AvgIpc) is 2.38. The summed E-state index contributed by atoms with van der Waals surface area (Å²) in [5, 5.41) is 0. The molecule has 0 aliphatic carbocycles. The van der Waals surface area contributed by atoms with E-state index in [2.05, 4.69) is 4.72 Å². The Balaban J connectivity index is 2.92. The molecule has 20 heavy (non-hydrogen) atoms. The second-order valence-electron chi connectivity index (χ2n) is 4.64. The Kier molecular flexibility index (Phi) is 5.94. The summed E-state index contributed by atoms with van der Waals surface area (Å²) >= 11 is 0. The second-order valence-corrected chi connectivity index (χ2v) is 6.37. The van der Waals surface area contributed by atoms with Crippen molar-refractivity contribution in [3.63, 3.8) is 0 Å². The highest BCUT2D eigenvalue weighted by molar-refractivity contribution is 7.89. The zero-order valence-electron chi connectivity index (χ0n) is 12.3. The zero-order valence-corrected chi connectivity index (χ0v) is 13.1. The molecule has 0 aliphatic heterocycles. The van der Waals surface area contributed by atoms with Gasteiger partial charge in [0.15, 0.2) is 0 Å². The van der Waals surface area contributed by atoms with Crippen LogP contribution in [0.1, 0.15) is 11.1 Å². The van der Waals surface area contributed by atoms with Crippen molar-refractivity contribution in [2.24, 2.45) is 0 Å². The first-order valence-corrected chi connectivity index (χ1v) is 7.68. The lowest BCUT2D eigenvalue weighted by atomic mass is 10.1. The van der Waals surface area contributed by atoms with Crippen LogP contribution in [-0.4, -0.2) is 41.9 Å². The molecule has 114 valence electrons. The van der Waals surface area contributed by atoms with Crippen LogP contribution in [0.3, 0.4) is 0 Å². The van der Waals surface area contributed by atoms with Gasteiger partial charge in [-0.1, -0.05) is 0 Å². The van der Waals surface area contributed by atoms with Gasteiger partial charge in [0.1, 0.15) is 4.90 Å². The number of rotatable bonds is 7. The molecule has 0 spiro atoms. The van der Waals surface area contributed by atoms with Crippen LogP contribution in [0.2, 0.25) is 0 Å². The Hall–Kier alpha value is -1.15. The fourth-order valence-corrected chi connectivity index (χ4v) is 2.98. The lowest BCUT2D eigenvalue weighted by Crippen LogP contribution is -2.35. The number of nitrogens with one attached hydrogen (secondary N) is 1. The normalized spacial score (nSPS) is 13.4. The summed E-state index contributed by atoms with van der Waals surface area (Å²) in [7, 11) is -0.632. The average molecular weight is 302 g/mol. The standard InChI is InChI=1S/C13H22N2O4S/c1-9-5-12(14)13(6-10(9)2)20(16,17)15-7-11(19-4)8-18-3/h5-6,11,15H,7-8,14H2,1-4H3. The van der Waals surface area contributed by atoms with Gasteiger partial charge in [-0.25, -0.2) is 13.1 Å². The highest BCUT2D eigenvalue weighted by atomic mass is 32.2. The number of aryl methyl sites for hydroxylation is 2. The van der Waals surface area contributed by atoms with Crippen LogP contribution in [0.15, 0.2) is 17.0 Å². The number of methoxy groups -OCH3 is 2. The second kappa shape index (κ2) is 7.03. The molecule has 1 atom stereocenters. The predicted molar refractivity (Wildman–Crippen MR) is 78.2 cm³/mol. The summed E-state index contributed by atoms with van der Waals surface area (Å²) in [5.41, 5.74) is 7.87. The van der Waals surface area contributed by atoms with Gasteiger partial charge >= 0.3 is 0 Å². The van der Waals surface area contributed by atoms with Gasteiger partial charge in [-0.3, -0.25) is 0 Å². The van der Waals surface area contributed by atoms with Gasteiger partial charge in [0, 0.05) is 20.8 Å². The van der Waals surface area contributed by atoms with Crippen molar-refractivity contribution in [2.75, 3.05) is 33.1 Å². The van der Waals surface area contributed by atoms with Crippen LogP contribution in [0.25, 0.3) is 0 Å². The fourth-order valence-electron chi connectivity index (χ4n) is 1.72. The first kappa shape index (κ1) is 16.9. The molecular weight excluding hydrogens is 280 g/mol. The fraction of sp³-hybridized carbons (Fsp3) is 0.538. The molecule has 0 fully saturated rings. The minimum absolute atomic E-state index is 0.0906. The Bertz CT molecular complexity index is 558. The summed E-state index contributed by atoms with van der Waals surface area (Å²) in [6.45, 7) is 4.16. The van der Waals surface area contributed by atoms with Crippen molar-refractivity contribution < 1.29 is 17.9 Å². The van der Waals surface area contributed by atoms with Gasteiger partial charge in [0.2, 0.25) is 10.0 Å². The predicted octanol–water partition coefficient (Wildman–Crippen LogP) is 0.825. The van der Waals surface area contributed by atoms with Crippen molar-refractivity contribution in [3.8, 4) is 0 Å². The van der Waals surface area contributed by atoms with E-state index in [1.165, 1.54) is 14.2 Å². The van der Waals surface area contributed by atoms with E-state index in [9.17, 15) is 8.42 Å². The van der Waals surface area contributed by atoms with Gasteiger partial charge in [0.05, 0.1) is 18.4 Å². The molecule has 0 aliphatic rings. The summed E-state index contributed by atoms with van der Waals surface area (Å²) < 4.78 is 37.0. The van der Waals surface area contributed by atoms with E-state index < -0.39 is 10.0 Å². The lowest BCUT2D eigenvalue weighted by molar-refractivity contribution is 0.0320. The molecular formula is C13H22N2O4S. The molecule has 0 heterocycles. The molecule has 0 amide bonds. The van der Waals surface area contributed by atoms with Crippen molar-refractivity contribution in [1.29, 1.82) is 0 Å². The maximum atomic E-state index is 12.3. The summed E-state index contributed by atoms with van der Waals surface area (Å²) in [4.78, 5) is 0.0906. The van der Waals surface area contributed by atoms with Gasteiger partial charge in [0.25, 0.3) is 0 Å². The topological polar surface area (TPSA) is 90.7 Å². The minimum Gasteiger partial charge on any atom is -0.398 e. The van der Waals surface area contributed by atoms with Gasteiger partial charge in [-0.15, -0.1) is 0 Å². The highest BCUT2D eigenvalue weighted by Crippen LogP contribution is 2.22. The number of hydrogen-bond acceptors (Lipinski definition) is 5. The highest BCUT2D eigenvalue weighted by Gasteiger charge is 2.20. The first-order valence-electron chi connectivity index (χ1n) is 6.20. The number of nitrogen functional groups attached to an aromatic ring is 1. The molecule has 0 saturated carbocycles. The number of benzene rings is 1. The van der Waals surface area contributed by atoms with Crippen LogP contribution in [0, 0.1) is 13.8 Å². The SMILES string of the molecule is COCC(CNS(=O)(=O)c1cc(C)c(C)cc1N)OC. The van der Waals surface area contributed by atoms with Crippen molar-refractivity contribution in [2.45, 2.75) is 24.8 Å². The van der Waals surface area contributed by atoms with E-state index in [0.29, 0.717) is 6.61 Å². The van der Waals surface area contributed by atoms with E-state index >= 15 is 0 Å². The molecule has 3 N–H and O–H groups in total. The first-order chi connectivity index (χ1) is 9.31. The van der Waals surface area contributed by atoms with E-state index in [1.807, 2.05) is 13.8 Å². The molecule has 6 nitrogen and oxygen atoms in total. The maximum Gasteiger partial charge on any atom is 0.242 e. The molecule has 0 aromatic heterocycles. The molecule has 1 rings (SSSR count). The smallest absolute Gasteiger partial charge is 0.242 e. The van der Waals surface area contributed by atoms with E-state index in [4.69, 9.17) is 15.2 Å². The number of ether oxygens (including phenoxy) is 2. The number of anilines is 1. The Morgan fingerprint density at radius 3 is 2.40 bits per heavy atom. The largest absolute Gasteiger partial charge is 0.398 e. The monoisotopic (exact) mass is 302 g/mol. The Labute approximate surface area is 120 Å². The van der Waals surface area contributed by atoms with Crippen LogP contribution < -0.4 is 10.5 Å². The lowest BCUT2D eigenvalue weighted by Gasteiger charge is -2.16. The number of nitrogens with two attached hydrogens (primary N) is 1.